The number of benzene rings is 1. The highest BCUT2D eigenvalue weighted by atomic mass is 32.2. The van der Waals surface area contributed by atoms with Gasteiger partial charge < -0.3 is 0 Å². The number of thiophene rings is 1. The number of sulfonamides is 1. The number of fused-ring (bicyclic) bond motifs is 1. The molecule has 0 aliphatic rings. The van der Waals surface area contributed by atoms with Gasteiger partial charge in [-0.2, -0.15) is 0 Å². The van der Waals surface area contributed by atoms with Crippen molar-refractivity contribution in [2.24, 2.45) is 5.14 Å². The van der Waals surface area contributed by atoms with Crippen molar-refractivity contribution >= 4 is 31.6 Å². The van der Waals surface area contributed by atoms with E-state index in [1.165, 1.54) is 24.3 Å². The third kappa shape index (κ3) is 2.32. The van der Waals surface area contributed by atoms with Gasteiger partial charge in [-0.1, -0.05) is 12.1 Å². The lowest BCUT2D eigenvalue weighted by Gasteiger charge is -2.09. The van der Waals surface area contributed by atoms with Crippen LogP contribution in [-0.2, 0) is 10.0 Å². The van der Waals surface area contributed by atoms with Gasteiger partial charge in [0.15, 0.2) is 0 Å². The number of rotatable bonds is 2. The Morgan fingerprint density at radius 1 is 1.32 bits per heavy atom. The number of aryl methyl sites for hydroxylation is 1. The maximum atomic E-state index is 13.9. The first-order valence-corrected chi connectivity index (χ1v) is 8.46. The molecule has 9 heteroatoms. The molecule has 1 aromatic carbocycles. The molecule has 22 heavy (non-hydrogen) atoms. The minimum atomic E-state index is -3.92. The molecule has 3 rings (SSSR count). The van der Waals surface area contributed by atoms with Crippen molar-refractivity contribution in [3.8, 4) is 5.69 Å². The quantitative estimate of drug-likeness (QED) is 0.766. The minimum Gasteiger partial charge on any atom is -0.268 e. The SMILES string of the molecule is Cc1nc2sc(S(N)(=O)=O)cc2c(=O)n1-c1ccccc1F. The van der Waals surface area contributed by atoms with Crippen LogP contribution in [0.1, 0.15) is 5.82 Å². The molecule has 3 aromatic rings. The molecule has 2 N–H and O–H groups in total. The summed E-state index contributed by atoms with van der Waals surface area (Å²) in [6.07, 6.45) is 0. The van der Waals surface area contributed by atoms with E-state index >= 15 is 0 Å². The highest BCUT2D eigenvalue weighted by Gasteiger charge is 2.19. The van der Waals surface area contributed by atoms with E-state index in [0.717, 1.165) is 15.9 Å². The van der Waals surface area contributed by atoms with Crippen molar-refractivity contribution in [2.45, 2.75) is 11.1 Å². The van der Waals surface area contributed by atoms with Gasteiger partial charge in [-0.25, -0.2) is 22.9 Å². The lowest BCUT2D eigenvalue weighted by atomic mass is 10.3. The summed E-state index contributed by atoms with van der Waals surface area (Å²) in [6, 6.07) is 6.95. The fourth-order valence-electron chi connectivity index (χ4n) is 2.12. The first-order valence-electron chi connectivity index (χ1n) is 6.10. The third-order valence-electron chi connectivity index (χ3n) is 3.08. The van der Waals surface area contributed by atoms with Crippen LogP contribution in [0.5, 0.6) is 0 Å². The molecular formula is C13H10FN3O3S2. The van der Waals surface area contributed by atoms with Crippen LogP contribution in [0.25, 0.3) is 15.9 Å². The molecule has 0 fully saturated rings. The van der Waals surface area contributed by atoms with Crippen LogP contribution in [0.2, 0.25) is 0 Å². The van der Waals surface area contributed by atoms with Crippen LogP contribution < -0.4 is 10.7 Å². The zero-order valence-corrected chi connectivity index (χ0v) is 12.9. The molecule has 2 aromatic heterocycles. The van der Waals surface area contributed by atoms with E-state index in [-0.39, 0.29) is 25.9 Å². The van der Waals surface area contributed by atoms with Crippen LogP contribution in [-0.4, -0.2) is 18.0 Å². The molecule has 0 aliphatic heterocycles. The number of aromatic nitrogens is 2. The Hall–Kier alpha value is -2.10. The molecule has 0 aliphatic carbocycles. The molecule has 0 amide bonds. The molecule has 6 nitrogen and oxygen atoms in total. The summed E-state index contributed by atoms with van der Waals surface area (Å²) in [5.74, 6) is -0.318. The van der Waals surface area contributed by atoms with Crippen LogP contribution in [0.15, 0.2) is 39.3 Å². The van der Waals surface area contributed by atoms with Crippen LogP contribution in [0.4, 0.5) is 4.39 Å². The van der Waals surface area contributed by atoms with Gasteiger partial charge in [0.2, 0.25) is 10.0 Å². The van der Waals surface area contributed by atoms with Gasteiger partial charge in [0, 0.05) is 0 Å². The zero-order valence-electron chi connectivity index (χ0n) is 11.3. The van der Waals surface area contributed by atoms with E-state index in [9.17, 15) is 17.6 Å². The minimum absolute atomic E-state index is 0.0581. The van der Waals surface area contributed by atoms with Crippen molar-refractivity contribution in [3.05, 3.63) is 52.3 Å². The summed E-state index contributed by atoms with van der Waals surface area (Å²) in [7, 11) is -3.92. The number of hydrogen-bond acceptors (Lipinski definition) is 5. The summed E-state index contributed by atoms with van der Waals surface area (Å²) in [6.45, 7) is 1.55. The van der Waals surface area contributed by atoms with Gasteiger partial charge >= 0.3 is 0 Å². The molecule has 0 saturated carbocycles. The monoisotopic (exact) mass is 339 g/mol. The fraction of sp³-hybridized carbons (Fsp3) is 0.0769. The summed E-state index contributed by atoms with van der Waals surface area (Å²) in [4.78, 5) is 17.0. The topological polar surface area (TPSA) is 95.1 Å². The van der Waals surface area contributed by atoms with Gasteiger partial charge in [-0.3, -0.25) is 9.36 Å². The summed E-state index contributed by atoms with van der Waals surface area (Å²) in [5.41, 5.74) is -0.485. The zero-order chi connectivity index (χ0) is 16.1. The second-order valence-corrected chi connectivity index (χ2v) is 7.40. The Bertz CT molecular complexity index is 1050. The molecule has 0 saturated heterocycles. The smallest absolute Gasteiger partial charge is 0.266 e. The number of hydrogen-bond donors (Lipinski definition) is 1. The van der Waals surface area contributed by atoms with Crippen molar-refractivity contribution in [1.29, 1.82) is 0 Å². The number of para-hydroxylation sites is 1. The third-order valence-corrected chi connectivity index (χ3v) is 5.53. The lowest BCUT2D eigenvalue weighted by molar-refractivity contribution is 0.600. The average Bonchev–Trinajstić information content (AvgIpc) is 2.85. The number of nitrogens with zero attached hydrogens (tertiary/aromatic N) is 2. The highest BCUT2D eigenvalue weighted by Crippen LogP contribution is 2.25. The maximum absolute atomic E-state index is 13.9. The van der Waals surface area contributed by atoms with Crippen LogP contribution in [0, 0.1) is 12.7 Å². The predicted octanol–water partition coefficient (Wildman–Crippen LogP) is 1.54. The number of halogens is 1. The van der Waals surface area contributed by atoms with E-state index in [1.54, 1.807) is 13.0 Å². The normalized spacial score (nSPS) is 12.0. The van der Waals surface area contributed by atoms with E-state index < -0.39 is 21.4 Å². The Kier molecular flexibility index (Phi) is 3.35. The number of primary sulfonamides is 1. The average molecular weight is 339 g/mol. The Labute approximate surface area is 128 Å². The van der Waals surface area contributed by atoms with Gasteiger partial charge in [-0.05, 0) is 25.1 Å². The molecular weight excluding hydrogens is 329 g/mol. The van der Waals surface area contributed by atoms with Gasteiger partial charge in [-0.15, -0.1) is 11.3 Å². The van der Waals surface area contributed by atoms with Crippen LogP contribution >= 0.6 is 11.3 Å². The Balaban J connectivity index is 2.39. The highest BCUT2D eigenvalue weighted by molar-refractivity contribution is 7.91. The predicted molar refractivity (Wildman–Crippen MR) is 81.3 cm³/mol. The van der Waals surface area contributed by atoms with Gasteiger partial charge in [0.25, 0.3) is 5.56 Å². The van der Waals surface area contributed by atoms with Crippen LogP contribution in [0.3, 0.4) is 0 Å². The summed E-state index contributed by atoms with van der Waals surface area (Å²) in [5, 5.41) is 5.15. The second-order valence-electron chi connectivity index (χ2n) is 4.58. The molecule has 2 heterocycles. The molecule has 0 spiro atoms. The van der Waals surface area contributed by atoms with Crippen molar-refractivity contribution in [2.75, 3.05) is 0 Å². The van der Waals surface area contributed by atoms with Crippen molar-refractivity contribution in [3.63, 3.8) is 0 Å². The molecule has 0 radical (unpaired) electrons. The van der Waals surface area contributed by atoms with Gasteiger partial charge in [0.05, 0.1) is 11.1 Å². The molecule has 0 atom stereocenters. The first kappa shape index (κ1) is 14.8. The molecule has 0 unspecified atom stereocenters. The Morgan fingerprint density at radius 3 is 2.64 bits per heavy atom. The fourth-order valence-corrected chi connectivity index (χ4v) is 3.90. The van der Waals surface area contributed by atoms with Crippen molar-refractivity contribution in [1.82, 2.24) is 9.55 Å². The maximum Gasteiger partial charge on any atom is 0.266 e. The largest absolute Gasteiger partial charge is 0.268 e. The second kappa shape index (κ2) is 4.97. The van der Waals surface area contributed by atoms with Gasteiger partial charge in [0.1, 0.15) is 20.7 Å². The first-order chi connectivity index (χ1) is 10.3. The lowest BCUT2D eigenvalue weighted by Crippen LogP contribution is -2.22. The van der Waals surface area contributed by atoms with E-state index in [2.05, 4.69) is 4.98 Å². The standard InChI is InChI=1S/C13H10FN3O3S2/c1-7-16-12-8(6-11(21-12)22(15,19)20)13(18)17(7)10-5-3-2-4-9(10)14/h2-6H,1H3,(H2,15,19,20). The summed E-state index contributed by atoms with van der Waals surface area (Å²) < 4.78 is 37.7. The van der Waals surface area contributed by atoms with E-state index in [1.807, 2.05) is 0 Å². The molecule has 114 valence electrons. The number of nitrogens with two attached hydrogens (primary N) is 1. The van der Waals surface area contributed by atoms with Crippen molar-refractivity contribution < 1.29 is 12.8 Å². The molecule has 0 bridgehead atoms. The van der Waals surface area contributed by atoms with E-state index in [0.29, 0.717) is 0 Å². The summed E-state index contributed by atoms with van der Waals surface area (Å²) >= 11 is 0.809. The Morgan fingerprint density at radius 2 is 2.00 bits per heavy atom. The van der Waals surface area contributed by atoms with E-state index in [4.69, 9.17) is 5.14 Å².